The van der Waals surface area contributed by atoms with Crippen LogP contribution in [0.25, 0.3) is 0 Å². The van der Waals surface area contributed by atoms with Crippen LogP contribution in [0.2, 0.25) is 0 Å². The Morgan fingerprint density at radius 3 is 1.95 bits per heavy atom. The molecule has 2 unspecified atom stereocenters. The predicted octanol–water partition coefficient (Wildman–Crippen LogP) is 4.58. The maximum Gasteiger partial charge on any atom is 0.130 e. The number of ether oxygens (including phenoxy) is 3. The molecule has 0 radical (unpaired) electrons. The standard InChI is InChI=1S/C15H23BrO3/c1-6-10(2)7-12(16)15-13(18-4)8-11(17-3)9-14(15)19-5/h8-10,12H,6-7H2,1-5H3. The normalized spacial score (nSPS) is 13.8. The number of rotatable bonds is 7. The molecule has 0 aliphatic heterocycles. The summed E-state index contributed by atoms with van der Waals surface area (Å²) in [7, 11) is 4.97. The first kappa shape index (κ1) is 16.2. The van der Waals surface area contributed by atoms with E-state index in [9.17, 15) is 0 Å². The first-order chi connectivity index (χ1) is 9.07. The summed E-state index contributed by atoms with van der Waals surface area (Å²) in [4.78, 5) is 0.207. The molecule has 1 aromatic carbocycles. The van der Waals surface area contributed by atoms with E-state index in [0.29, 0.717) is 5.92 Å². The minimum atomic E-state index is 0.207. The van der Waals surface area contributed by atoms with Gasteiger partial charge in [-0.2, -0.15) is 0 Å². The van der Waals surface area contributed by atoms with E-state index in [-0.39, 0.29) is 4.83 Å². The third-order valence-electron chi connectivity index (χ3n) is 3.37. The van der Waals surface area contributed by atoms with Crippen LogP contribution in [0.4, 0.5) is 0 Å². The number of benzene rings is 1. The van der Waals surface area contributed by atoms with Crippen LogP contribution in [0.1, 0.15) is 37.1 Å². The molecule has 108 valence electrons. The summed E-state index contributed by atoms with van der Waals surface area (Å²) >= 11 is 3.76. The molecule has 0 amide bonds. The van der Waals surface area contributed by atoms with Crippen LogP contribution >= 0.6 is 15.9 Å². The SMILES string of the molecule is CCC(C)CC(Br)c1c(OC)cc(OC)cc1OC. The molecule has 0 fully saturated rings. The molecule has 0 saturated carbocycles. The molecule has 4 heteroatoms. The van der Waals surface area contributed by atoms with Crippen LogP contribution in [0.5, 0.6) is 17.2 Å². The average Bonchev–Trinajstić information content (AvgIpc) is 2.44. The van der Waals surface area contributed by atoms with Gasteiger partial charge in [0.15, 0.2) is 0 Å². The predicted molar refractivity (Wildman–Crippen MR) is 81.8 cm³/mol. The van der Waals surface area contributed by atoms with Crippen molar-refractivity contribution in [3.8, 4) is 17.2 Å². The first-order valence-electron chi connectivity index (χ1n) is 6.51. The number of alkyl halides is 1. The van der Waals surface area contributed by atoms with Crippen LogP contribution in [-0.2, 0) is 0 Å². The Bertz CT molecular complexity index is 381. The van der Waals surface area contributed by atoms with Crippen molar-refractivity contribution in [3.05, 3.63) is 17.7 Å². The zero-order valence-corrected chi connectivity index (χ0v) is 13.9. The molecule has 0 N–H and O–H groups in total. The van der Waals surface area contributed by atoms with Crippen molar-refractivity contribution in [2.24, 2.45) is 5.92 Å². The fourth-order valence-electron chi connectivity index (χ4n) is 1.98. The summed E-state index contributed by atoms with van der Waals surface area (Å²) in [6.45, 7) is 4.45. The van der Waals surface area contributed by atoms with Crippen molar-refractivity contribution in [2.75, 3.05) is 21.3 Å². The molecular weight excluding hydrogens is 308 g/mol. The van der Waals surface area contributed by atoms with Gasteiger partial charge in [0.25, 0.3) is 0 Å². The lowest BCUT2D eigenvalue weighted by Crippen LogP contribution is -2.04. The topological polar surface area (TPSA) is 27.7 Å². The second-order valence-corrected chi connectivity index (χ2v) is 5.77. The number of hydrogen-bond donors (Lipinski definition) is 0. The van der Waals surface area contributed by atoms with Gasteiger partial charge in [0.05, 0.1) is 26.9 Å². The van der Waals surface area contributed by atoms with Gasteiger partial charge >= 0.3 is 0 Å². The fourth-order valence-corrected chi connectivity index (χ4v) is 3.07. The van der Waals surface area contributed by atoms with E-state index >= 15 is 0 Å². The summed E-state index contributed by atoms with van der Waals surface area (Å²) in [5, 5.41) is 0. The molecule has 1 aromatic rings. The highest BCUT2D eigenvalue weighted by atomic mass is 79.9. The van der Waals surface area contributed by atoms with Gasteiger partial charge in [0.1, 0.15) is 17.2 Å². The Morgan fingerprint density at radius 1 is 1.05 bits per heavy atom. The number of halogens is 1. The van der Waals surface area contributed by atoms with Crippen LogP contribution in [0, 0.1) is 5.92 Å². The molecular formula is C15H23BrO3. The fraction of sp³-hybridized carbons (Fsp3) is 0.600. The third-order valence-corrected chi connectivity index (χ3v) is 4.20. The highest BCUT2D eigenvalue weighted by Crippen LogP contribution is 2.44. The lowest BCUT2D eigenvalue weighted by atomic mass is 9.97. The molecule has 2 atom stereocenters. The van der Waals surface area contributed by atoms with Gasteiger partial charge in [0.2, 0.25) is 0 Å². The minimum absolute atomic E-state index is 0.207. The molecule has 0 aliphatic carbocycles. The summed E-state index contributed by atoms with van der Waals surface area (Å²) in [6, 6.07) is 3.78. The third kappa shape index (κ3) is 4.03. The van der Waals surface area contributed by atoms with Crippen LogP contribution in [-0.4, -0.2) is 21.3 Å². The molecule has 1 rings (SSSR count). The lowest BCUT2D eigenvalue weighted by molar-refractivity contribution is 0.365. The molecule has 0 saturated heterocycles. The molecule has 0 bridgehead atoms. The van der Waals surface area contributed by atoms with E-state index in [1.54, 1.807) is 21.3 Å². The minimum Gasteiger partial charge on any atom is -0.496 e. The molecule has 0 aromatic heterocycles. The smallest absolute Gasteiger partial charge is 0.130 e. The van der Waals surface area contributed by atoms with Gasteiger partial charge in [-0.15, -0.1) is 0 Å². The monoisotopic (exact) mass is 330 g/mol. The van der Waals surface area contributed by atoms with Crippen molar-refractivity contribution >= 4 is 15.9 Å². The molecule has 0 spiro atoms. The van der Waals surface area contributed by atoms with E-state index in [4.69, 9.17) is 14.2 Å². The Labute approximate surface area is 124 Å². The molecule has 0 heterocycles. The summed E-state index contributed by atoms with van der Waals surface area (Å²) in [5.41, 5.74) is 1.05. The van der Waals surface area contributed by atoms with E-state index in [1.165, 1.54) is 0 Å². The van der Waals surface area contributed by atoms with Gasteiger partial charge in [-0.05, 0) is 12.3 Å². The second-order valence-electron chi connectivity index (χ2n) is 4.66. The largest absolute Gasteiger partial charge is 0.496 e. The quantitative estimate of drug-likeness (QED) is 0.684. The van der Waals surface area contributed by atoms with E-state index in [0.717, 1.165) is 35.7 Å². The number of methoxy groups -OCH3 is 3. The number of hydrogen-bond acceptors (Lipinski definition) is 3. The first-order valence-corrected chi connectivity index (χ1v) is 7.42. The van der Waals surface area contributed by atoms with Crippen molar-refractivity contribution in [2.45, 2.75) is 31.5 Å². The van der Waals surface area contributed by atoms with E-state index < -0.39 is 0 Å². The van der Waals surface area contributed by atoms with Crippen molar-refractivity contribution in [1.29, 1.82) is 0 Å². The van der Waals surface area contributed by atoms with Crippen molar-refractivity contribution < 1.29 is 14.2 Å². The Balaban J connectivity index is 3.15. The Morgan fingerprint density at radius 2 is 1.58 bits per heavy atom. The van der Waals surface area contributed by atoms with Gasteiger partial charge < -0.3 is 14.2 Å². The van der Waals surface area contributed by atoms with Crippen LogP contribution < -0.4 is 14.2 Å². The van der Waals surface area contributed by atoms with Gasteiger partial charge in [-0.1, -0.05) is 36.2 Å². The summed E-state index contributed by atoms with van der Waals surface area (Å²) in [6.07, 6.45) is 2.19. The highest BCUT2D eigenvalue weighted by Gasteiger charge is 2.21. The van der Waals surface area contributed by atoms with Gasteiger partial charge in [0, 0.05) is 17.0 Å². The molecule has 0 aliphatic rings. The zero-order valence-electron chi connectivity index (χ0n) is 12.3. The summed E-state index contributed by atoms with van der Waals surface area (Å²) in [5.74, 6) is 2.96. The average molecular weight is 331 g/mol. The maximum atomic E-state index is 5.48. The maximum absolute atomic E-state index is 5.48. The van der Waals surface area contributed by atoms with Gasteiger partial charge in [-0.25, -0.2) is 0 Å². The molecule has 3 nitrogen and oxygen atoms in total. The van der Waals surface area contributed by atoms with E-state index in [2.05, 4.69) is 29.8 Å². The second kappa shape index (κ2) is 7.63. The lowest BCUT2D eigenvalue weighted by Gasteiger charge is -2.21. The Hall–Kier alpha value is -0.900. The van der Waals surface area contributed by atoms with Crippen LogP contribution in [0.15, 0.2) is 12.1 Å². The molecule has 19 heavy (non-hydrogen) atoms. The highest BCUT2D eigenvalue weighted by molar-refractivity contribution is 9.09. The Kier molecular flexibility index (Phi) is 6.49. The van der Waals surface area contributed by atoms with Gasteiger partial charge in [-0.3, -0.25) is 0 Å². The van der Waals surface area contributed by atoms with Crippen molar-refractivity contribution in [1.82, 2.24) is 0 Å². The van der Waals surface area contributed by atoms with Crippen LogP contribution in [0.3, 0.4) is 0 Å². The van der Waals surface area contributed by atoms with Crippen molar-refractivity contribution in [3.63, 3.8) is 0 Å². The summed E-state index contributed by atoms with van der Waals surface area (Å²) < 4.78 is 16.2. The zero-order chi connectivity index (χ0) is 14.4. The van der Waals surface area contributed by atoms with E-state index in [1.807, 2.05) is 12.1 Å².